The van der Waals surface area contributed by atoms with Gasteiger partial charge in [0.1, 0.15) is 12.3 Å². The van der Waals surface area contributed by atoms with E-state index in [0.717, 1.165) is 11.3 Å². The fourth-order valence-electron chi connectivity index (χ4n) is 4.10. The van der Waals surface area contributed by atoms with Crippen LogP contribution in [-0.4, -0.2) is 57.4 Å². The highest BCUT2D eigenvalue weighted by molar-refractivity contribution is 6.03. The van der Waals surface area contributed by atoms with Gasteiger partial charge in [-0.2, -0.15) is 0 Å². The van der Waals surface area contributed by atoms with Gasteiger partial charge in [-0.25, -0.2) is 4.79 Å². The highest BCUT2D eigenvalue weighted by atomic mass is 16.6. The van der Waals surface area contributed by atoms with Crippen molar-refractivity contribution in [3.05, 3.63) is 40.2 Å². The molecule has 0 saturated heterocycles. The molecule has 1 heterocycles. The summed E-state index contributed by atoms with van der Waals surface area (Å²) in [4.78, 5) is 28.7. The largest absolute Gasteiger partial charge is 0.493 e. The Bertz CT molecular complexity index is 967. The van der Waals surface area contributed by atoms with Crippen molar-refractivity contribution >= 4 is 11.8 Å². The number of carbonyl (C=O) groups excluding carboxylic acids is 2. The SMILES string of the molecule is COc1cc([C@H]2CC(=O)c3c([nH]c(C(=O)OCCOC(C)C)c3C)C2)cc(OC)c1OC. The van der Waals surface area contributed by atoms with E-state index in [-0.39, 0.29) is 24.4 Å². The number of H-pyrrole nitrogens is 1. The zero-order chi connectivity index (χ0) is 23.4. The van der Waals surface area contributed by atoms with Crippen LogP contribution in [0.3, 0.4) is 0 Å². The number of esters is 1. The Morgan fingerprint density at radius 2 is 1.72 bits per heavy atom. The molecule has 1 atom stereocenters. The lowest BCUT2D eigenvalue weighted by atomic mass is 9.81. The summed E-state index contributed by atoms with van der Waals surface area (Å²) in [5.74, 6) is 0.988. The van der Waals surface area contributed by atoms with E-state index in [1.807, 2.05) is 26.0 Å². The molecule has 0 bridgehead atoms. The van der Waals surface area contributed by atoms with E-state index in [4.69, 9.17) is 23.7 Å². The Morgan fingerprint density at radius 3 is 2.28 bits per heavy atom. The number of ether oxygens (including phenoxy) is 5. The van der Waals surface area contributed by atoms with Gasteiger partial charge in [-0.15, -0.1) is 0 Å². The molecule has 3 rings (SSSR count). The molecule has 0 radical (unpaired) electrons. The third-order valence-corrected chi connectivity index (χ3v) is 5.62. The van der Waals surface area contributed by atoms with Crippen LogP contribution in [0.15, 0.2) is 12.1 Å². The topological polar surface area (TPSA) is 96.1 Å². The lowest BCUT2D eigenvalue weighted by molar-refractivity contribution is 0.0172. The molecule has 32 heavy (non-hydrogen) atoms. The summed E-state index contributed by atoms with van der Waals surface area (Å²) < 4.78 is 27.0. The molecule has 0 aliphatic heterocycles. The van der Waals surface area contributed by atoms with Crippen molar-refractivity contribution in [2.75, 3.05) is 34.5 Å². The van der Waals surface area contributed by atoms with Crippen LogP contribution in [0.5, 0.6) is 17.2 Å². The molecule has 1 aliphatic rings. The molecule has 1 N–H and O–H groups in total. The second-order valence-electron chi connectivity index (χ2n) is 8.02. The summed E-state index contributed by atoms with van der Waals surface area (Å²) in [6.07, 6.45) is 0.962. The molecule has 0 saturated carbocycles. The number of nitrogens with one attached hydrogen (secondary N) is 1. The van der Waals surface area contributed by atoms with Crippen molar-refractivity contribution in [3.8, 4) is 17.2 Å². The van der Waals surface area contributed by atoms with Crippen molar-refractivity contribution in [1.82, 2.24) is 4.98 Å². The van der Waals surface area contributed by atoms with Gasteiger partial charge in [-0.3, -0.25) is 4.79 Å². The number of carbonyl (C=O) groups is 2. The minimum absolute atomic E-state index is 0.0130. The van der Waals surface area contributed by atoms with Crippen molar-refractivity contribution < 1.29 is 33.3 Å². The third-order valence-electron chi connectivity index (χ3n) is 5.62. The predicted octanol–water partition coefficient (Wildman–Crippen LogP) is 3.84. The maximum Gasteiger partial charge on any atom is 0.355 e. The van der Waals surface area contributed by atoms with E-state index in [1.54, 1.807) is 28.3 Å². The summed E-state index contributed by atoms with van der Waals surface area (Å²) in [6, 6.07) is 3.73. The number of hydrogen-bond acceptors (Lipinski definition) is 7. The van der Waals surface area contributed by atoms with Gasteiger partial charge >= 0.3 is 5.97 Å². The second kappa shape index (κ2) is 10.1. The Labute approximate surface area is 188 Å². The van der Waals surface area contributed by atoms with Gasteiger partial charge < -0.3 is 28.7 Å². The number of fused-ring (bicyclic) bond motifs is 1. The minimum Gasteiger partial charge on any atom is -0.493 e. The summed E-state index contributed by atoms with van der Waals surface area (Å²) in [6.45, 7) is 6.09. The van der Waals surface area contributed by atoms with Crippen LogP contribution in [0.4, 0.5) is 0 Å². The van der Waals surface area contributed by atoms with Crippen LogP contribution in [0.25, 0.3) is 0 Å². The van der Waals surface area contributed by atoms with Crippen LogP contribution in [0, 0.1) is 6.92 Å². The molecule has 0 fully saturated rings. The highest BCUT2D eigenvalue weighted by Crippen LogP contribution is 2.43. The molecule has 0 amide bonds. The number of Topliss-reactive ketones (excluding diaryl/α,β-unsaturated/α-hetero) is 1. The fraction of sp³-hybridized carbons (Fsp3) is 0.500. The fourth-order valence-corrected chi connectivity index (χ4v) is 4.10. The van der Waals surface area contributed by atoms with Crippen molar-refractivity contribution in [2.45, 2.75) is 45.6 Å². The predicted molar refractivity (Wildman–Crippen MR) is 118 cm³/mol. The van der Waals surface area contributed by atoms with E-state index in [0.29, 0.717) is 53.5 Å². The minimum atomic E-state index is -0.485. The quantitative estimate of drug-likeness (QED) is 0.463. The number of methoxy groups -OCH3 is 3. The molecular formula is C24H31NO7. The van der Waals surface area contributed by atoms with E-state index in [9.17, 15) is 9.59 Å². The first-order valence-electron chi connectivity index (χ1n) is 10.6. The summed E-state index contributed by atoms with van der Waals surface area (Å²) in [7, 11) is 4.67. The maximum atomic E-state index is 13.0. The standard InChI is InChI=1S/C24H31NO7/c1-13(2)31-7-8-32-24(27)22-14(3)21-17(25-22)9-15(10-18(21)26)16-11-19(28-4)23(30-6)20(12-16)29-5/h11-13,15,25H,7-10H2,1-6H3/t15-/m1/s1. The van der Waals surface area contributed by atoms with Gasteiger partial charge in [-0.1, -0.05) is 0 Å². The second-order valence-corrected chi connectivity index (χ2v) is 8.02. The van der Waals surface area contributed by atoms with E-state index in [2.05, 4.69) is 4.98 Å². The molecule has 0 spiro atoms. The van der Waals surface area contributed by atoms with Crippen LogP contribution in [-0.2, 0) is 15.9 Å². The lowest BCUT2D eigenvalue weighted by Crippen LogP contribution is -2.19. The number of ketones is 1. The Kier molecular flexibility index (Phi) is 7.45. The van der Waals surface area contributed by atoms with Gasteiger partial charge in [-0.05, 0) is 56.4 Å². The average Bonchev–Trinajstić information content (AvgIpc) is 3.12. The smallest absolute Gasteiger partial charge is 0.355 e. The molecule has 1 aromatic heterocycles. The van der Waals surface area contributed by atoms with Gasteiger partial charge in [0.05, 0.1) is 34.0 Å². The van der Waals surface area contributed by atoms with Crippen LogP contribution in [0.2, 0.25) is 0 Å². The third kappa shape index (κ3) is 4.75. The first-order valence-corrected chi connectivity index (χ1v) is 10.6. The Morgan fingerprint density at radius 1 is 1.06 bits per heavy atom. The Hall–Kier alpha value is -3.00. The normalized spacial score (nSPS) is 15.5. The summed E-state index contributed by atoms with van der Waals surface area (Å²) in [5, 5.41) is 0. The molecule has 1 aromatic carbocycles. The molecular weight excluding hydrogens is 414 g/mol. The zero-order valence-electron chi connectivity index (χ0n) is 19.5. The zero-order valence-corrected chi connectivity index (χ0v) is 19.5. The van der Waals surface area contributed by atoms with Gasteiger partial charge in [0.15, 0.2) is 17.3 Å². The first-order chi connectivity index (χ1) is 15.3. The molecule has 8 heteroatoms. The van der Waals surface area contributed by atoms with Crippen molar-refractivity contribution in [3.63, 3.8) is 0 Å². The van der Waals surface area contributed by atoms with E-state index in [1.165, 1.54) is 0 Å². The molecule has 0 unspecified atom stereocenters. The Balaban J connectivity index is 1.84. The van der Waals surface area contributed by atoms with Crippen LogP contribution in [0.1, 0.15) is 63.9 Å². The number of hydrogen-bond donors (Lipinski definition) is 1. The van der Waals surface area contributed by atoms with Crippen LogP contribution >= 0.6 is 0 Å². The summed E-state index contributed by atoms with van der Waals surface area (Å²) >= 11 is 0. The number of benzene rings is 1. The van der Waals surface area contributed by atoms with Crippen molar-refractivity contribution in [1.29, 1.82) is 0 Å². The molecule has 2 aromatic rings. The van der Waals surface area contributed by atoms with E-state index >= 15 is 0 Å². The average molecular weight is 446 g/mol. The number of rotatable bonds is 9. The summed E-state index contributed by atoms with van der Waals surface area (Å²) in [5.41, 5.74) is 3.17. The monoisotopic (exact) mass is 445 g/mol. The van der Waals surface area contributed by atoms with Crippen molar-refractivity contribution in [2.24, 2.45) is 0 Å². The number of aromatic amines is 1. The first kappa shape index (κ1) is 23.7. The molecule has 1 aliphatic carbocycles. The van der Waals surface area contributed by atoms with Gasteiger partial charge in [0.25, 0.3) is 0 Å². The molecule has 8 nitrogen and oxygen atoms in total. The molecule has 174 valence electrons. The number of aromatic nitrogens is 1. The van der Waals surface area contributed by atoms with Gasteiger partial charge in [0, 0.05) is 17.7 Å². The van der Waals surface area contributed by atoms with E-state index < -0.39 is 5.97 Å². The van der Waals surface area contributed by atoms with Gasteiger partial charge in [0.2, 0.25) is 5.75 Å². The maximum absolute atomic E-state index is 13.0. The lowest BCUT2D eigenvalue weighted by Gasteiger charge is -2.24. The highest BCUT2D eigenvalue weighted by Gasteiger charge is 2.33. The van der Waals surface area contributed by atoms with Crippen LogP contribution < -0.4 is 14.2 Å².